The van der Waals surface area contributed by atoms with Gasteiger partial charge in [0.15, 0.2) is 0 Å². The van der Waals surface area contributed by atoms with Crippen molar-refractivity contribution < 1.29 is 0 Å². The van der Waals surface area contributed by atoms with Gasteiger partial charge in [-0.3, -0.25) is 0 Å². The van der Waals surface area contributed by atoms with Crippen LogP contribution < -0.4 is 4.46 Å². The summed E-state index contributed by atoms with van der Waals surface area (Å²) >= 11 is 5.79. The van der Waals surface area contributed by atoms with Crippen molar-refractivity contribution >= 4 is 31.0 Å². The van der Waals surface area contributed by atoms with Gasteiger partial charge >= 0.3 is 71.9 Å². The van der Waals surface area contributed by atoms with Gasteiger partial charge < -0.3 is 0 Å². The molecule has 0 N–H and O–H groups in total. The second-order valence-electron chi connectivity index (χ2n) is 1.69. The Morgan fingerprint density at radius 2 is 1.90 bits per heavy atom. The maximum absolute atomic E-state index is 5.39. The summed E-state index contributed by atoms with van der Waals surface area (Å²) in [5.41, 5.74) is 1.58. The van der Waals surface area contributed by atoms with Crippen molar-refractivity contribution in [2.45, 2.75) is 0 Å². The topological polar surface area (TPSA) is 0 Å². The number of hydrogen-bond acceptors (Lipinski definition) is 0. The Labute approximate surface area is 72.1 Å². The van der Waals surface area contributed by atoms with Crippen LogP contribution in [-0.4, -0.2) is 15.0 Å². The van der Waals surface area contributed by atoms with Gasteiger partial charge in [0.25, 0.3) is 0 Å². The first-order valence-electron chi connectivity index (χ1n) is 2.90. The first-order valence-corrected chi connectivity index (χ1v) is 5.18. The fraction of sp³-hybridized carbons (Fsp3) is 0. The van der Waals surface area contributed by atoms with Gasteiger partial charge in [0.1, 0.15) is 0 Å². The maximum atomic E-state index is 5.39. The third-order valence-corrected chi connectivity index (χ3v) is 3.18. The molecule has 1 aromatic carbocycles. The second-order valence-corrected chi connectivity index (χ2v) is 4.00. The van der Waals surface area contributed by atoms with Crippen molar-refractivity contribution in [2.75, 3.05) is 0 Å². The van der Waals surface area contributed by atoms with Crippen LogP contribution in [0.1, 0.15) is 0 Å². The first kappa shape index (κ1) is 7.87. The average Bonchev–Trinajstić information content (AvgIpc) is 2.03. The second kappa shape index (κ2) is 4.56. The predicted octanol–water partition coefficient (Wildman–Crippen LogP) is 1.73. The minimum absolute atomic E-state index is 0.406. The molecule has 0 aliphatic carbocycles. The molecule has 0 bridgehead atoms. The molecular weight excluding hydrogens is 211 g/mol. The molecule has 0 spiro atoms. The van der Waals surface area contributed by atoms with E-state index in [0.29, 0.717) is 15.0 Å². The average molecular weight is 218 g/mol. The van der Waals surface area contributed by atoms with E-state index < -0.39 is 0 Å². The van der Waals surface area contributed by atoms with Crippen LogP contribution >= 0.6 is 11.6 Å². The van der Waals surface area contributed by atoms with Gasteiger partial charge in [-0.15, -0.1) is 0 Å². The molecule has 0 atom stereocenters. The number of hydrogen-bond donors (Lipinski definition) is 0. The molecule has 0 aromatic heterocycles. The van der Waals surface area contributed by atoms with Crippen molar-refractivity contribution in [3.8, 4) is 0 Å². The number of benzene rings is 1. The van der Waals surface area contributed by atoms with Crippen LogP contribution in [0.15, 0.2) is 40.8 Å². The van der Waals surface area contributed by atoms with Crippen LogP contribution in [0.2, 0.25) is 0 Å². The van der Waals surface area contributed by atoms with Crippen LogP contribution in [0.3, 0.4) is 0 Å². The monoisotopic (exact) mass is 218 g/mol. The van der Waals surface area contributed by atoms with Gasteiger partial charge in [0.2, 0.25) is 0 Å². The molecule has 10 heavy (non-hydrogen) atoms. The summed E-state index contributed by atoms with van der Waals surface area (Å²) < 4.78 is 1.35. The van der Waals surface area contributed by atoms with E-state index in [1.54, 1.807) is 5.54 Å². The Balaban J connectivity index is 2.59. The summed E-state index contributed by atoms with van der Waals surface area (Å²) in [7, 11) is 0. The Morgan fingerprint density at radius 1 is 1.20 bits per heavy atom. The SMILES string of the molecule is ClC=C[Se]c1ccccc1. The molecule has 0 saturated heterocycles. The van der Waals surface area contributed by atoms with Gasteiger partial charge in [-0.1, -0.05) is 0 Å². The zero-order valence-electron chi connectivity index (χ0n) is 5.33. The van der Waals surface area contributed by atoms with Crippen molar-refractivity contribution in [1.82, 2.24) is 0 Å². The molecule has 0 radical (unpaired) electrons. The van der Waals surface area contributed by atoms with E-state index in [0.717, 1.165) is 0 Å². The Bertz CT molecular complexity index is 206. The molecule has 0 saturated carbocycles. The zero-order valence-corrected chi connectivity index (χ0v) is 7.80. The van der Waals surface area contributed by atoms with Crippen molar-refractivity contribution in [2.24, 2.45) is 0 Å². The first-order chi connectivity index (χ1) is 4.93. The Morgan fingerprint density at radius 3 is 2.50 bits per heavy atom. The van der Waals surface area contributed by atoms with Gasteiger partial charge in [-0.05, 0) is 0 Å². The van der Waals surface area contributed by atoms with E-state index in [2.05, 4.69) is 12.1 Å². The quantitative estimate of drug-likeness (QED) is 0.662. The third-order valence-electron chi connectivity index (χ3n) is 0.999. The van der Waals surface area contributed by atoms with Crippen LogP contribution in [0.4, 0.5) is 0 Å². The molecule has 0 fully saturated rings. The predicted molar refractivity (Wildman–Crippen MR) is 46.8 cm³/mol. The van der Waals surface area contributed by atoms with Crippen molar-refractivity contribution in [3.05, 3.63) is 40.8 Å². The molecular formula is C8H7ClSe. The van der Waals surface area contributed by atoms with Crippen LogP contribution in [0.25, 0.3) is 0 Å². The molecule has 52 valence electrons. The van der Waals surface area contributed by atoms with Crippen LogP contribution in [0, 0.1) is 0 Å². The van der Waals surface area contributed by atoms with Crippen LogP contribution in [-0.2, 0) is 0 Å². The van der Waals surface area contributed by atoms with Gasteiger partial charge in [-0.2, -0.15) is 0 Å². The summed E-state index contributed by atoms with van der Waals surface area (Å²) in [6.45, 7) is 0. The minimum atomic E-state index is 0.406. The van der Waals surface area contributed by atoms with E-state index in [4.69, 9.17) is 11.6 Å². The molecule has 1 rings (SSSR count). The van der Waals surface area contributed by atoms with E-state index >= 15 is 0 Å². The summed E-state index contributed by atoms with van der Waals surface area (Å²) in [5.74, 6) is 0. The van der Waals surface area contributed by atoms with Gasteiger partial charge in [0.05, 0.1) is 0 Å². The molecule has 0 amide bonds. The summed E-state index contributed by atoms with van der Waals surface area (Å²) in [6, 6.07) is 10.3. The zero-order chi connectivity index (χ0) is 7.23. The van der Waals surface area contributed by atoms with E-state index in [1.807, 2.05) is 23.2 Å². The normalized spacial score (nSPS) is 10.5. The van der Waals surface area contributed by atoms with Gasteiger partial charge in [-0.25, -0.2) is 0 Å². The Kier molecular flexibility index (Phi) is 3.59. The third kappa shape index (κ3) is 2.57. The molecule has 0 aliphatic rings. The molecule has 1 aromatic rings. The summed E-state index contributed by atoms with van der Waals surface area (Å²) in [6.07, 6.45) is 0. The van der Waals surface area contributed by atoms with Crippen LogP contribution in [0.5, 0.6) is 0 Å². The number of rotatable bonds is 2. The van der Waals surface area contributed by atoms with Crippen molar-refractivity contribution in [3.63, 3.8) is 0 Å². The fourth-order valence-electron chi connectivity index (χ4n) is 0.603. The molecule has 0 heterocycles. The molecule has 0 aliphatic heterocycles. The fourth-order valence-corrected chi connectivity index (χ4v) is 1.97. The molecule has 0 unspecified atom stereocenters. The van der Waals surface area contributed by atoms with Crippen molar-refractivity contribution in [1.29, 1.82) is 0 Å². The Hall–Kier alpha value is -0.231. The van der Waals surface area contributed by atoms with Gasteiger partial charge in [0, 0.05) is 0 Å². The summed E-state index contributed by atoms with van der Waals surface area (Å²) in [5, 5.41) is 0. The van der Waals surface area contributed by atoms with E-state index in [1.165, 1.54) is 4.46 Å². The van der Waals surface area contributed by atoms with E-state index in [9.17, 15) is 0 Å². The van der Waals surface area contributed by atoms with E-state index in [-0.39, 0.29) is 0 Å². The molecule has 2 heteroatoms. The summed E-state index contributed by atoms with van der Waals surface area (Å²) in [4.78, 5) is 1.99. The molecule has 0 nitrogen and oxygen atoms in total. The number of halogens is 1. The standard InChI is InChI=1S/C8H7ClSe/c9-6-7-10-8-4-2-1-3-5-8/h1-7H.